The largest absolute Gasteiger partial charge is 0.349 e. The average Bonchev–Trinajstić information content (AvgIpc) is 3.17. The molecule has 0 aliphatic heterocycles. The van der Waals surface area contributed by atoms with E-state index in [1.54, 1.807) is 18.3 Å². The van der Waals surface area contributed by atoms with Crippen LogP contribution in [-0.4, -0.2) is 42.5 Å². The van der Waals surface area contributed by atoms with Gasteiger partial charge >= 0.3 is 0 Å². The summed E-state index contributed by atoms with van der Waals surface area (Å²) in [5.41, 5.74) is 0.744. The summed E-state index contributed by atoms with van der Waals surface area (Å²) >= 11 is 0. The van der Waals surface area contributed by atoms with E-state index in [9.17, 15) is 13.2 Å². The quantitative estimate of drug-likeness (QED) is 0.804. The molecule has 1 fully saturated rings. The van der Waals surface area contributed by atoms with Crippen LogP contribution in [0.5, 0.6) is 0 Å². The first-order valence-corrected chi connectivity index (χ1v) is 7.95. The van der Waals surface area contributed by atoms with Crippen molar-refractivity contribution in [1.82, 2.24) is 14.6 Å². The van der Waals surface area contributed by atoms with Crippen LogP contribution in [0.1, 0.15) is 18.5 Å². The number of amides is 1. The Morgan fingerprint density at radius 2 is 2.21 bits per heavy atom. The SMILES string of the molecule is CS(=O)(=O)N(CC(=O)NCc1ccccn1)C1CC1. The molecule has 104 valence electrons. The molecule has 19 heavy (non-hydrogen) atoms. The van der Waals surface area contributed by atoms with Crippen molar-refractivity contribution in [2.24, 2.45) is 0 Å². The summed E-state index contributed by atoms with van der Waals surface area (Å²) in [7, 11) is -3.32. The Balaban J connectivity index is 1.86. The van der Waals surface area contributed by atoms with Crippen LogP contribution < -0.4 is 5.32 Å². The van der Waals surface area contributed by atoms with Crippen molar-refractivity contribution in [3.8, 4) is 0 Å². The summed E-state index contributed by atoms with van der Waals surface area (Å²) in [5, 5.41) is 2.68. The zero-order chi connectivity index (χ0) is 13.9. The van der Waals surface area contributed by atoms with Crippen LogP contribution >= 0.6 is 0 Å². The number of hydrogen-bond acceptors (Lipinski definition) is 4. The molecule has 0 spiro atoms. The van der Waals surface area contributed by atoms with Crippen LogP contribution in [0.3, 0.4) is 0 Å². The molecule has 0 radical (unpaired) electrons. The van der Waals surface area contributed by atoms with E-state index in [2.05, 4.69) is 10.3 Å². The maximum absolute atomic E-state index is 11.8. The van der Waals surface area contributed by atoms with Gasteiger partial charge in [0.25, 0.3) is 0 Å². The minimum absolute atomic E-state index is 0.00407. The molecule has 1 aliphatic rings. The number of sulfonamides is 1. The van der Waals surface area contributed by atoms with Gasteiger partial charge in [-0.25, -0.2) is 8.42 Å². The number of pyridine rings is 1. The molecule has 1 heterocycles. The molecule has 0 atom stereocenters. The third-order valence-corrected chi connectivity index (χ3v) is 4.15. The van der Waals surface area contributed by atoms with Gasteiger partial charge in [-0.05, 0) is 25.0 Å². The zero-order valence-electron chi connectivity index (χ0n) is 10.7. The van der Waals surface area contributed by atoms with Crippen LogP contribution in [0.4, 0.5) is 0 Å². The molecule has 1 saturated carbocycles. The maximum Gasteiger partial charge on any atom is 0.235 e. The van der Waals surface area contributed by atoms with Crippen molar-refractivity contribution in [2.75, 3.05) is 12.8 Å². The smallest absolute Gasteiger partial charge is 0.235 e. The maximum atomic E-state index is 11.8. The molecule has 1 aliphatic carbocycles. The number of carbonyl (C=O) groups excluding carboxylic acids is 1. The van der Waals surface area contributed by atoms with Crippen LogP contribution in [0.15, 0.2) is 24.4 Å². The van der Waals surface area contributed by atoms with Crippen LogP contribution in [0.2, 0.25) is 0 Å². The van der Waals surface area contributed by atoms with Crippen molar-refractivity contribution < 1.29 is 13.2 Å². The van der Waals surface area contributed by atoms with E-state index in [0.717, 1.165) is 24.8 Å². The highest BCUT2D eigenvalue weighted by atomic mass is 32.2. The lowest BCUT2D eigenvalue weighted by molar-refractivity contribution is -0.121. The van der Waals surface area contributed by atoms with Gasteiger partial charge in [-0.15, -0.1) is 0 Å². The lowest BCUT2D eigenvalue weighted by atomic mass is 10.3. The Bertz CT molecular complexity index is 541. The first kappa shape index (κ1) is 14.0. The second kappa shape index (κ2) is 5.66. The molecule has 0 unspecified atom stereocenters. The van der Waals surface area contributed by atoms with Gasteiger partial charge < -0.3 is 5.32 Å². The Kier molecular flexibility index (Phi) is 4.16. The van der Waals surface area contributed by atoms with Gasteiger partial charge in [0.1, 0.15) is 0 Å². The molecule has 0 aromatic carbocycles. The minimum Gasteiger partial charge on any atom is -0.349 e. The monoisotopic (exact) mass is 283 g/mol. The van der Waals surface area contributed by atoms with Gasteiger partial charge in [0.05, 0.1) is 25.0 Å². The van der Waals surface area contributed by atoms with Gasteiger partial charge in [-0.2, -0.15) is 4.31 Å². The van der Waals surface area contributed by atoms with Crippen molar-refractivity contribution in [3.63, 3.8) is 0 Å². The third-order valence-electron chi connectivity index (χ3n) is 2.87. The molecule has 2 rings (SSSR count). The molecule has 1 N–H and O–H groups in total. The molecular formula is C12H17N3O3S. The van der Waals surface area contributed by atoms with E-state index >= 15 is 0 Å². The summed E-state index contributed by atoms with van der Waals surface area (Å²) < 4.78 is 24.4. The number of carbonyl (C=O) groups is 1. The molecule has 1 amide bonds. The van der Waals surface area contributed by atoms with Gasteiger partial charge in [0.15, 0.2) is 0 Å². The number of nitrogens with one attached hydrogen (secondary N) is 1. The van der Waals surface area contributed by atoms with Gasteiger partial charge in [0, 0.05) is 12.2 Å². The van der Waals surface area contributed by atoms with E-state index in [4.69, 9.17) is 0 Å². The van der Waals surface area contributed by atoms with Gasteiger partial charge in [-0.3, -0.25) is 9.78 Å². The summed E-state index contributed by atoms with van der Waals surface area (Å²) in [6, 6.07) is 5.43. The summed E-state index contributed by atoms with van der Waals surface area (Å²) in [5.74, 6) is -0.303. The summed E-state index contributed by atoms with van der Waals surface area (Å²) in [6.07, 6.45) is 4.45. The number of rotatable bonds is 6. The number of nitrogens with zero attached hydrogens (tertiary/aromatic N) is 2. The van der Waals surface area contributed by atoms with Gasteiger partial charge in [-0.1, -0.05) is 6.07 Å². The molecule has 0 saturated heterocycles. The molecule has 1 aromatic rings. The molecular weight excluding hydrogens is 266 g/mol. The second-order valence-corrected chi connectivity index (χ2v) is 6.57. The minimum atomic E-state index is -3.32. The van der Waals surface area contributed by atoms with E-state index in [0.29, 0.717) is 6.54 Å². The fourth-order valence-electron chi connectivity index (χ4n) is 1.77. The standard InChI is InChI=1S/C12H17N3O3S/c1-19(17,18)15(11-5-6-11)9-12(16)14-8-10-4-2-3-7-13-10/h2-4,7,11H,5-6,8-9H2,1H3,(H,14,16). The van der Waals surface area contributed by atoms with E-state index in [1.807, 2.05) is 6.07 Å². The highest BCUT2D eigenvalue weighted by Gasteiger charge is 2.36. The van der Waals surface area contributed by atoms with Crippen LogP contribution in [0, 0.1) is 0 Å². The van der Waals surface area contributed by atoms with Crippen molar-refractivity contribution in [2.45, 2.75) is 25.4 Å². The Labute approximate surface area is 112 Å². The second-order valence-electron chi connectivity index (χ2n) is 4.64. The van der Waals surface area contributed by atoms with E-state index < -0.39 is 10.0 Å². The van der Waals surface area contributed by atoms with Crippen molar-refractivity contribution in [3.05, 3.63) is 30.1 Å². The molecule has 1 aromatic heterocycles. The summed E-state index contributed by atoms with van der Waals surface area (Å²) in [4.78, 5) is 15.8. The Morgan fingerprint density at radius 3 is 2.74 bits per heavy atom. The van der Waals surface area contributed by atoms with Gasteiger partial charge in [0.2, 0.25) is 15.9 Å². The number of aromatic nitrogens is 1. The third kappa shape index (κ3) is 4.29. The summed E-state index contributed by atoms with van der Waals surface area (Å²) in [6.45, 7) is 0.193. The molecule has 6 nitrogen and oxygen atoms in total. The zero-order valence-corrected chi connectivity index (χ0v) is 11.6. The van der Waals surface area contributed by atoms with Crippen LogP contribution in [0.25, 0.3) is 0 Å². The lowest BCUT2D eigenvalue weighted by Crippen LogP contribution is -2.41. The van der Waals surface area contributed by atoms with Crippen LogP contribution in [-0.2, 0) is 21.4 Å². The first-order valence-electron chi connectivity index (χ1n) is 6.10. The van der Waals surface area contributed by atoms with Crippen molar-refractivity contribution >= 4 is 15.9 Å². The predicted molar refractivity (Wildman–Crippen MR) is 70.7 cm³/mol. The first-order chi connectivity index (χ1) is 8.97. The highest BCUT2D eigenvalue weighted by molar-refractivity contribution is 7.88. The van der Waals surface area contributed by atoms with E-state index in [1.165, 1.54) is 4.31 Å². The molecule has 7 heteroatoms. The highest BCUT2D eigenvalue weighted by Crippen LogP contribution is 2.28. The topological polar surface area (TPSA) is 79.4 Å². The fraction of sp³-hybridized carbons (Fsp3) is 0.500. The lowest BCUT2D eigenvalue weighted by Gasteiger charge is -2.18. The number of hydrogen-bond donors (Lipinski definition) is 1. The average molecular weight is 283 g/mol. The van der Waals surface area contributed by atoms with Crippen molar-refractivity contribution in [1.29, 1.82) is 0 Å². The Morgan fingerprint density at radius 1 is 1.47 bits per heavy atom. The fourth-order valence-corrected chi connectivity index (χ4v) is 2.87. The normalized spacial score (nSPS) is 15.5. The molecule has 0 bridgehead atoms. The predicted octanol–water partition coefficient (Wildman–Crippen LogP) is 0.122. The Hall–Kier alpha value is -1.47. The van der Waals surface area contributed by atoms with E-state index in [-0.39, 0.29) is 18.5 Å².